The van der Waals surface area contributed by atoms with Crippen LogP contribution in [0.1, 0.15) is 40.4 Å². The van der Waals surface area contributed by atoms with E-state index in [0.717, 1.165) is 9.77 Å². The third-order valence-corrected chi connectivity index (χ3v) is 7.54. The predicted molar refractivity (Wildman–Crippen MR) is 141 cm³/mol. The Hall–Kier alpha value is -3.50. The van der Waals surface area contributed by atoms with Crippen molar-refractivity contribution < 1.29 is 19.1 Å². The maximum absolute atomic E-state index is 13.9. The molecule has 0 unspecified atom stereocenters. The summed E-state index contributed by atoms with van der Waals surface area (Å²) in [5.74, 6) is -1.74. The zero-order chi connectivity index (χ0) is 26.1. The van der Waals surface area contributed by atoms with E-state index in [1.54, 1.807) is 51.0 Å². The van der Waals surface area contributed by atoms with Crippen molar-refractivity contribution in [3.63, 3.8) is 0 Å². The third kappa shape index (κ3) is 5.05. The molecule has 0 bridgehead atoms. The number of aromatic nitrogens is 3. The number of rotatable bonds is 7. The molecule has 0 fully saturated rings. The standard InChI is InChI=1S/C26H25FN4O3S2/c1-14(2)35-25-21(16-9-11-17(12-10-16)23(32)30(4)5)28-26(36-25)31-22(24(33)34)20(15(3)29-31)18-7-6-8-19(27)13-18/h6-14H,1-5H3,(H,33,34). The minimum Gasteiger partial charge on any atom is -0.476 e. The van der Waals surface area contributed by atoms with Crippen LogP contribution >= 0.6 is 23.1 Å². The summed E-state index contributed by atoms with van der Waals surface area (Å²) in [5, 5.41) is 15.2. The number of carboxylic acids is 1. The zero-order valence-electron chi connectivity index (χ0n) is 20.4. The fourth-order valence-electron chi connectivity index (χ4n) is 3.74. The van der Waals surface area contributed by atoms with Crippen molar-refractivity contribution in [2.24, 2.45) is 0 Å². The smallest absolute Gasteiger partial charge is 0.355 e. The first kappa shape index (κ1) is 25.6. The van der Waals surface area contributed by atoms with Crippen molar-refractivity contribution in [1.82, 2.24) is 19.7 Å². The van der Waals surface area contributed by atoms with Gasteiger partial charge in [0.05, 0.1) is 15.6 Å². The van der Waals surface area contributed by atoms with Gasteiger partial charge in [-0.25, -0.2) is 14.2 Å². The van der Waals surface area contributed by atoms with Crippen LogP contribution in [-0.2, 0) is 0 Å². The second kappa shape index (κ2) is 10.2. The van der Waals surface area contributed by atoms with E-state index in [1.165, 1.54) is 39.1 Å². The average Bonchev–Trinajstić information content (AvgIpc) is 3.39. The summed E-state index contributed by atoms with van der Waals surface area (Å²) in [6, 6.07) is 13.0. The van der Waals surface area contributed by atoms with Crippen molar-refractivity contribution in [3.05, 3.63) is 71.3 Å². The molecule has 0 aliphatic rings. The SMILES string of the molecule is Cc1nn(-c2nc(-c3ccc(C(=O)N(C)C)cc3)c(SC(C)C)s2)c(C(=O)O)c1-c1cccc(F)c1. The number of thioether (sulfide) groups is 1. The summed E-state index contributed by atoms with van der Waals surface area (Å²) in [4.78, 5) is 31.0. The third-order valence-electron chi connectivity index (χ3n) is 5.30. The molecule has 36 heavy (non-hydrogen) atoms. The minimum absolute atomic E-state index is 0.0774. The molecular weight excluding hydrogens is 499 g/mol. The molecule has 4 aromatic rings. The fraction of sp³-hybridized carbons (Fsp3) is 0.231. The maximum atomic E-state index is 13.9. The van der Waals surface area contributed by atoms with Crippen LogP contribution in [0.4, 0.5) is 4.39 Å². The highest BCUT2D eigenvalue weighted by Gasteiger charge is 2.27. The van der Waals surface area contributed by atoms with E-state index in [-0.39, 0.29) is 16.9 Å². The molecule has 0 spiro atoms. The van der Waals surface area contributed by atoms with Gasteiger partial charge in [0.2, 0.25) is 5.13 Å². The zero-order valence-corrected chi connectivity index (χ0v) is 22.1. The van der Waals surface area contributed by atoms with E-state index < -0.39 is 11.8 Å². The Morgan fingerprint density at radius 1 is 1.11 bits per heavy atom. The molecule has 1 amide bonds. The van der Waals surface area contributed by atoms with Gasteiger partial charge in [-0.05, 0) is 36.8 Å². The summed E-state index contributed by atoms with van der Waals surface area (Å²) in [7, 11) is 3.40. The van der Waals surface area contributed by atoms with E-state index in [4.69, 9.17) is 4.98 Å². The molecule has 186 valence electrons. The van der Waals surface area contributed by atoms with Gasteiger partial charge in [-0.15, -0.1) is 11.8 Å². The van der Waals surface area contributed by atoms with Crippen LogP contribution in [0.15, 0.2) is 52.7 Å². The highest BCUT2D eigenvalue weighted by atomic mass is 32.2. The average molecular weight is 525 g/mol. The van der Waals surface area contributed by atoms with Crippen LogP contribution in [0, 0.1) is 12.7 Å². The molecule has 1 N–H and O–H groups in total. The largest absolute Gasteiger partial charge is 0.476 e. The van der Waals surface area contributed by atoms with Gasteiger partial charge in [0.25, 0.3) is 5.91 Å². The second-order valence-electron chi connectivity index (χ2n) is 8.61. The molecule has 0 aliphatic heterocycles. The number of aryl methyl sites for hydroxylation is 1. The Labute approximate surface area is 216 Å². The van der Waals surface area contributed by atoms with Gasteiger partial charge >= 0.3 is 5.97 Å². The first-order valence-electron chi connectivity index (χ1n) is 11.2. The fourth-order valence-corrected chi connectivity index (χ4v) is 6.22. The van der Waals surface area contributed by atoms with Crippen LogP contribution in [0.3, 0.4) is 0 Å². The monoisotopic (exact) mass is 524 g/mol. The number of carboxylic acid groups (broad SMARTS) is 1. The van der Waals surface area contributed by atoms with E-state index in [9.17, 15) is 19.1 Å². The Balaban J connectivity index is 1.85. The number of thiazole rings is 1. The first-order chi connectivity index (χ1) is 17.1. The van der Waals surface area contributed by atoms with Crippen LogP contribution in [0.2, 0.25) is 0 Å². The van der Waals surface area contributed by atoms with Gasteiger partial charge in [-0.3, -0.25) is 4.79 Å². The molecule has 2 aromatic heterocycles. The number of benzene rings is 2. The molecular formula is C26H25FN4O3S2. The van der Waals surface area contributed by atoms with Crippen molar-refractivity contribution in [2.75, 3.05) is 14.1 Å². The van der Waals surface area contributed by atoms with E-state index >= 15 is 0 Å². The number of hydrogen-bond donors (Lipinski definition) is 1. The quantitative estimate of drug-likeness (QED) is 0.298. The first-order valence-corrected chi connectivity index (χ1v) is 12.8. The molecule has 0 radical (unpaired) electrons. The molecule has 0 saturated carbocycles. The number of aromatic carboxylic acids is 1. The summed E-state index contributed by atoms with van der Waals surface area (Å²) in [6.07, 6.45) is 0. The molecule has 4 rings (SSSR count). The predicted octanol–water partition coefficient (Wildman–Crippen LogP) is 6.01. The van der Waals surface area contributed by atoms with Crippen LogP contribution in [0.25, 0.3) is 27.5 Å². The van der Waals surface area contributed by atoms with Crippen molar-refractivity contribution >= 4 is 35.0 Å². The van der Waals surface area contributed by atoms with E-state index in [1.807, 2.05) is 12.1 Å². The highest BCUT2D eigenvalue weighted by Crippen LogP contribution is 2.41. The van der Waals surface area contributed by atoms with Gasteiger partial charge in [0, 0.05) is 36.0 Å². The summed E-state index contributed by atoms with van der Waals surface area (Å²) < 4.78 is 16.1. The summed E-state index contributed by atoms with van der Waals surface area (Å²) >= 11 is 2.96. The molecule has 2 heterocycles. The minimum atomic E-state index is -1.18. The lowest BCUT2D eigenvalue weighted by Crippen LogP contribution is -2.21. The Bertz CT molecular complexity index is 1440. The normalized spacial score (nSPS) is 11.2. The molecule has 0 atom stereocenters. The van der Waals surface area contributed by atoms with Gasteiger partial charge < -0.3 is 10.0 Å². The topological polar surface area (TPSA) is 88.3 Å². The van der Waals surface area contributed by atoms with Crippen LogP contribution in [-0.4, -0.2) is 56.0 Å². The maximum Gasteiger partial charge on any atom is 0.355 e. The highest BCUT2D eigenvalue weighted by molar-refractivity contribution is 8.01. The molecule has 0 saturated heterocycles. The second-order valence-corrected chi connectivity index (χ2v) is 11.4. The molecule has 2 aromatic carbocycles. The van der Waals surface area contributed by atoms with Gasteiger partial charge in [-0.2, -0.15) is 9.78 Å². The molecule has 7 nitrogen and oxygen atoms in total. The van der Waals surface area contributed by atoms with Gasteiger partial charge in [-0.1, -0.05) is 49.4 Å². The number of carbonyl (C=O) groups excluding carboxylic acids is 1. The van der Waals surface area contributed by atoms with Crippen LogP contribution < -0.4 is 0 Å². The lowest BCUT2D eigenvalue weighted by Gasteiger charge is -2.10. The lowest BCUT2D eigenvalue weighted by molar-refractivity contribution is 0.0687. The Morgan fingerprint density at radius 2 is 1.81 bits per heavy atom. The van der Waals surface area contributed by atoms with Gasteiger partial charge in [0.1, 0.15) is 5.82 Å². The van der Waals surface area contributed by atoms with Crippen molar-refractivity contribution in [3.8, 4) is 27.5 Å². The Kier molecular flexibility index (Phi) is 7.28. The van der Waals surface area contributed by atoms with Gasteiger partial charge in [0.15, 0.2) is 5.69 Å². The summed E-state index contributed by atoms with van der Waals surface area (Å²) in [5.41, 5.74) is 3.23. The van der Waals surface area contributed by atoms with E-state index in [2.05, 4.69) is 18.9 Å². The number of carbonyl (C=O) groups is 2. The van der Waals surface area contributed by atoms with Crippen molar-refractivity contribution in [1.29, 1.82) is 0 Å². The molecule has 0 aliphatic carbocycles. The van der Waals surface area contributed by atoms with Crippen molar-refractivity contribution in [2.45, 2.75) is 30.2 Å². The molecule has 10 heteroatoms. The number of halogens is 1. The number of amides is 1. The number of hydrogen-bond acceptors (Lipinski definition) is 6. The van der Waals surface area contributed by atoms with E-state index in [0.29, 0.717) is 33.2 Å². The lowest BCUT2D eigenvalue weighted by atomic mass is 10.0. The Morgan fingerprint density at radius 3 is 2.39 bits per heavy atom. The number of nitrogens with zero attached hydrogens (tertiary/aromatic N) is 4. The van der Waals surface area contributed by atoms with Crippen LogP contribution in [0.5, 0.6) is 0 Å². The summed E-state index contributed by atoms with van der Waals surface area (Å²) in [6.45, 7) is 5.83.